The molecule has 1 N–H and O–H groups in total. The Balaban J connectivity index is 1.94. The molecule has 4 heteroatoms. The van der Waals surface area contributed by atoms with E-state index in [1.807, 2.05) is 18.2 Å². The van der Waals surface area contributed by atoms with E-state index in [1.165, 1.54) is 25.7 Å². The highest BCUT2D eigenvalue weighted by molar-refractivity contribution is 6.02. The van der Waals surface area contributed by atoms with Crippen LogP contribution in [0.5, 0.6) is 5.75 Å². The maximum atomic E-state index is 11.7. The van der Waals surface area contributed by atoms with Crippen LogP contribution in [0.2, 0.25) is 0 Å². The van der Waals surface area contributed by atoms with Gasteiger partial charge in [0, 0.05) is 29.9 Å². The van der Waals surface area contributed by atoms with Gasteiger partial charge in [-0.25, -0.2) is 0 Å². The molecule has 0 fully saturated rings. The molecule has 0 unspecified atom stereocenters. The standard InChI is InChI=1S/C18H26N2O2/c1-4-5-6-7-10-20-12-15-11-16(19-18(21)14(2)3)8-9-17(15)22-13-20/h8-9,11H,2,4-7,10,12-13H2,1,3H3,(H,19,21). The highest BCUT2D eigenvalue weighted by Crippen LogP contribution is 2.28. The number of unbranched alkanes of at least 4 members (excludes halogenated alkanes) is 3. The number of carbonyl (C=O) groups is 1. The summed E-state index contributed by atoms with van der Waals surface area (Å²) >= 11 is 0. The predicted molar refractivity (Wildman–Crippen MR) is 89.9 cm³/mol. The molecule has 0 spiro atoms. The number of ether oxygens (including phenoxy) is 1. The van der Waals surface area contributed by atoms with Crippen molar-refractivity contribution in [1.82, 2.24) is 4.90 Å². The van der Waals surface area contributed by atoms with E-state index >= 15 is 0 Å². The largest absolute Gasteiger partial charge is 0.478 e. The Morgan fingerprint density at radius 2 is 2.18 bits per heavy atom. The number of nitrogens with one attached hydrogen (secondary N) is 1. The fourth-order valence-electron chi connectivity index (χ4n) is 2.51. The van der Waals surface area contributed by atoms with Crippen LogP contribution in [0.15, 0.2) is 30.4 Å². The SMILES string of the molecule is C=C(C)C(=O)Nc1ccc2c(c1)CN(CCCCCC)CO2. The highest BCUT2D eigenvalue weighted by Gasteiger charge is 2.17. The molecule has 0 radical (unpaired) electrons. The van der Waals surface area contributed by atoms with Crippen LogP contribution in [0, 0.1) is 0 Å². The molecular weight excluding hydrogens is 276 g/mol. The van der Waals surface area contributed by atoms with Crippen molar-refractivity contribution >= 4 is 11.6 Å². The highest BCUT2D eigenvalue weighted by atomic mass is 16.5. The van der Waals surface area contributed by atoms with Crippen LogP contribution < -0.4 is 10.1 Å². The van der Waals surface area contributed by atoms with Gasteiger partial charge in [0.25, 0.3) is 5.91 Å². The molecule has 22 heavy (non-hydrogen) atoms. The first-order valence-electron chi connectivity index (χ1n) is 8.05. The van der Waals surface area contributed by atoms with Crippen molar-refractivity contribution in [1.29, 1.82) is 0 Å². The van der Waals surface area contributed by atoms with Gasteiger partial charge < -0.3 is 10.1 Å². The van der Waals surface area contributed by atoms with Gasteiger partial charge in [-0.15, -0.1) is 0 Å². The van der Waals surface area contributed by atoms with Crippen LogP contribution in [0.1, 0.15) is 45.1 Å². The summed E-state index contributed by atoms with van der Waals surface area (Å²) in [7, 11) is 0. The molecule has 0 saturated carbocycles. The van der Waals surface area contributed by atoms with E-state index in [0.717, 1.165) is 30.1 Å². The van der Waals surface area contributed by atoms with E-state index in [4.69, 9.17) is 4.74 Å². The van der Waals surface area contributed by atoms with Crippen molar-refractivity contribution in [2.45, 2.75) is 46.1 Å². The molecule has 2 rings (SSSR count). The molecule has 1 aromatic rings. The van der Waals surface area contributed by atoms with Gasteiger partial charge in [-0.3, -0.25) is 9.69 Å². The summed E-state index contributed by atoms with van der Waals surface area (Å²) in [4.78, 5) is 14.0. The fraction of sp³-hybridized carbons (Fsp3) is 0.500. The lowest BCUT2D eigenvalue weighted by Gasteiger charge is -2.29. The Hall–Kier alpha value is -1.81. The summed E-state index contributed by atoms with van der Waals surface area (Å²) in [5, 5.41) is 2.85. The summed E-state index contributed by atoms with van der Waals surface area (Å²) in [6.45, 7) is 10.2. The molecule has 0 saturated heterocycles. The molecule has 1 heterocycles. The number of anilines is 1. The average Bonchev–Trinajstić information content (AvgIpc) is 2.51. The first-order valence-corrected chi connectivity index (χ1v) is 8.05. The van der Waals surface area contributed by atoms with Crippen molar-refractivity contribution in [2.24, 2.45) is 0 Å². The summed E-state index contributed by atoms with van der Waals surface area (Å²) in [5.74, 6) is 0.770. The Bertz CT molecular complexity index is 540. The normalized spacial score (nSPS) is 14.1. The Morgan fingerprint density at radius 3 is 2.91 bits per heavy atom. The maximum Gasteiger partial charge on any atom is 0.250 e. The molecule has 1 aliphatic heterocycles. The zero-order chi connectivity index (χ0) is 15.9. The van der Waals surface area contributed by atoms with Crippen molar-refractivity contribution in [2.75, 3.05) is 18.6 Å². The number of amides is 1. The van der Waals surface area contributed by atoms with Crippen molar-refractivity contribution in [3.8, 4) is 5.75 Å². The van der Waals surface area contributed by atoms with E-state index in [0.29, 0.717) is 12.3 Å². The maximum absolute atomic E-state index is 11.7. The third-order valence-electron chi connectivity index (χ3n) is 3.83. The van der Waals surface area contributed by atoms with Gasteiger partial charge in [-0.2, -0.15) is 0 Å². The van der Waals surface area contributed by atoms with Gasteiger partial charge in [0.05, 0.1) is 0 Å². The minimum atomic E-state index is -0.145. The van der Waals surface area contributed by atoms with Gasteiger partial charge in [-0.1, -0.05) is 32.8 Å². The van der Waals surface area contributed by atoms with Crippen LogP contribution in [-0.4, -0.2) is 24.1 Å². The minimum Gasteiger partial charge on any atom is -0.478 e. The summed E-state index contributed by atoms with van der Waals surface area (Å²) in [6.07, 6.45) is 5.03. The van der Waals surface area contributed by atoms with Gasteiger partial charge in [0.15, 0.2) is 0 Å². The van der Waals surface area contributed by atoms with E-state index in [9.17, 15) is 4.79 Å². The number of benzene rings is 1. The number of hydrogen-bond acceptors (Lipinski definition) is 3. The lowest BCUT2D eigenvalue weighted by molar-refractivity contribution is -0.112. The Labute approximate surface area is 133 Å². The molecule has 0 aliphatic carbocycles. The fourth-order valence-corrected chi connectivity index (χ4v) is 2.51. The van der Waals surface area contributed by atoms with Crippen molar-refractivity contribution in [3.05, 3.63) is 35.9 Å². The van der Waals surface area contributed by atoms with Gasteiger partial charge in [-0.05, 0) is 31.5 Å². The predicted octanol–water partition coefficient (Wildman–Crippen LogP) is 3.93. The van der Waals surface area contributed by atoms with Gasteiger partial charge >= 0.3 is 0 Å². The average molecular weight is 302 g/mol. The second-order valence-electron chi connectivity index (χ2n) is 5.94. The molecular formula is C18H26N2O2. The van der Waals surface area contributed by atoms with Crippen molar-refractivity contribution < 1.29 is 9.53 Å². The van der Waals surface area contributed by atoms with E-state index in [2.05, 4.69) is 23.7 Å². The molecule has 1 aromatic carbocycles. The summed E-state index contributed by atoms with van der Waals surface area (Å²) in [6, 6.07) is 5.79. The quantitative estimate of drug-likeness (QED) is 0.613. The Morgan fingerprint density at radius 1 is 1.36 bits per heavy atom. The second kappa shape index (κ2) is 7.99. The molecule has 1 aliphatic rings. The topological polar surface area (TPSA) is 41.6 Å². The summed E-state index contributed by atoms with van der Waals surface area (Å²) < 4.78 is 5.80. The lowest BCUT2D eigenvalue weighted by atomic mass is 10.1. The van der Waals surface area contributed by atoms with E-state index < -0.39 is 0 Å². The first kappa shape index (κ1) is 16.6. The number of rotatable bonds is 7. The minimum absolute atomic E-state index is 0.145. The lowest BCUT2D eigenvalue weighted by Crippen LogP contribution is -2.32. The third kappa shape index (κ3) is 4.60. The van der Waals surface area contributed by atoms with Gasteiger partial charge in [0.1, 0.15) is 12.5 Å². The number of nitrogens with zero attached hydrogens (tertiary/aromatic N) is 1. The number of fused-ring (bicyclic) bond motifs is 1. The molecule has 0 aromatic heterocycles. The van der Waals surface area contributed by atoms with E-state index in [-0.39, 0.29) is 5.91 Å². The van der Waals surface area contributed by atoms with Gasteiger partial charge in [0.2, 0.25) is 0 Å². The first-order chi connectivity index (χ1) is 10.6. The van der Waals surface area contributed by atoms with Crippen LogP contribution in [0.4, 0.5) is 5.69 Å². The molecule has 1 amide bonds. The van der Waals surface area contributed by atoms with E-state index in [1.54, 1.807) is 6.92 Å². The molecule has 4 nitrogen and oxygen atoms in total. The molecule has 120 valence electrons. The zero-order valence-electron chi connectivity index (χ0n) is 13.7. The molecule has 0 bridgehead atoms. The second-order valence-corrected chi connectivity index (χ2v) is 5.94. The number of hydrogen-bond donors (Lipinski definition) is 1. The molecule has 0 atom stereocenters. The third-order valence-corrected chi connectivity index (χ3v) is 3.83. The van der Waals surface area contributed by atoms with Crippen molar-refractivity contribution in [3.63, 3.8) is 0 Å². The Kier molecular flexibility index (Phi) is 6.01. The zero-order valence-corrected chi connectivity index (χ0v) is 13.7. The van der Waals surface area contributed by atoms with Crippen LogP contribution in [-0.2, 0) is 11.3 Å². The van der Waals surface area contributed by atoms with Crippen LogP contribution in [0.25, 0.3) is 0 Å². The smallest absolute Gasteiger partial charge is 0.250 e. The summed E-state index contributed by atoms with van der Waals surface area (Å²) in [5.41, 5.74) is 2.43. The number of carbonyl (C=O) groups excluding carboxylic acids is 1. The monoisotopic (exact) mass is 302 g/mol. The van der Waals surface area contributed by atoms with Crippen LogP contribution in [0.3, 0.4) is 0 Å². The van der Waals surface area contributed by atoms with Crippen LogP contribution >= 0.6 is 0 Å².